The highest BCUT2D eigenvalue weighted by atomic mass is 16.5. The number of hydrogen-bond acceptors (Lipinski definition) is 2. The summed E-state index contributed by atoms with van der Waals surface area (Å²) in [5.41, 5.74) is 0. The zero-order valence-corrected chi connectivity index (χ0v) is 8.46. The van der Waals surface area contributed by atoms with Gasteiger partial charge in [0.25, 0.3) is 0 Å². The van der Waals surface area contributed by atoms with E-state index in [1.807, 2.05) is 0 Å². The molecule has 0 bridgehead atoms. The Morgan fingerprint density at radius 3 is 2.85 bits per heavy atom. The lowest BCUT2D eigenvalue weighted by molar-refractivity contribution is 0.0500. The van der Waals surface area contributed by atoms with Gasteiger partial charge in [0.1, 0.15) is 6.61 Å². The first-order chi connectivity index (χ1) is 6.38. The van der Waals surface area contributed by atoms with Gasteiger partial charge in [0.2, 0.25) is 0 Å². The Balaban J connectivity index is 1.88. The molecule has 2 fully saturated rings. The van der Waals surface area contributed by atoms with Crippen LogP contribution in [0.15, 0.2) is 0 Å². The Morgan fingerprint density at radius 1 is 1.23 bits per heavy atom. The molecule has 0 saturated carbocycles. The quantitative estimate of drug-likeness (QED) is 0.613. The monoisotopic (exact) mass is 181 g/mol. The second-order valence-electron chi connectivity index (χ2n) is 4.26. The van der Waals surface area contributed by atoms with Gasteiger partial charge in [-0.15, -0.1) is 0 Å². The van der Waals surface area contributed by atoms with Crippen molar-refractivity contribution in [1.29, 1.82) is 0 Å². The molecule has 2 rings (SSSR count). The molecule has 2 saturated heterocycles. The van der Waals surface area contributed by atoms with Gasteiger partial charge in [0, 0.05) is 18.6 Å². The van der Waals surface area contributed by atoms with E-state index in [9.17, 15) is 0 Å². The van der Waals surface area contributed by atoms with Crippen LogP contribution < -0.4 is 0 Å². The summed E-state index contributed by atoms with van der Waals surface area (Å²) in [6.07, 6.45) is 6.56. The van der Waals surface area contributed by atoms with Gasteiger partial charge in [0.15, 0.2) is 0 Å². The topological polar surface area (TPSA) is 12.5 Å². The average Bonchev–Trinajstić information content (AvgIpc) is 2.20. The van der Waals surface area contributed by atoms with Gasteiger partial charge in [0.05, 0.1) is 0 Å². The summed E-state index contributed by atoms with van der Waals surface area (Å²) in [5.74, 6) is 0.569. The molecule has 0 aromatic heterocycles. The molecule has 2 unspecified atom stereocenters. The average molecular weight is 181 g/mol. The summed E-state index contributed by atoms with van der Waals surface area (Å²) in [6, 6.07) is 0.703. The normalized spacial score (nSPS) is 37.6. The summed E-state index contributed by atoms with van der Waals surface area (Å²) < 4.78 is 5.31. The van der Waals surface area contributed by atoms with Crippen molar-refractivity contribution in [2.75, 3.05) is 20.2 Å². The maximum absolute atomic E-state index is 5.31. The van der Waals surface area contributed by atoms with E-state index < -0.39 is 0 Å². The predicted molar refractivity (Wildman–Crippen MR) is 52.2 cm³/mol. The van der Waals surface area contributed by atoms with Crippen LogP contribution in [0.1, 0.15) is 32.1 Å². The summed E-state index contributed by atoms with van der Waals surface area (Å²) >= 11 is 0. The van der Waals surface area contributed by atoms with E-state index >= 15 is 0 Å². The maximum atomic E-state index is 5.31. The van der Waals surface area contributed by atoms with Gasteiger partial charge in [-0.25, -0.2) is 0 Å². The molecule has 2 aliphatic heterocycles. The van der Waals surface area contributed by atoms with Crippen molar-refractivity contribution < 1.29 is 4.74 Å². The largest absolute Gasteiger partial charge is 0.368 e. The zero-order chi connectivity index (χ0) is 9.10. The standard InChI is InChI=1S/C11H19NO/c1-12-7-3-2-6-11(12)10-5-4-8-13-9-10/h10-11H,2-8H2,1H3. The van der Waals surface area contributed by atoms with Gasteiger partial charge in [-0.05, 0) is 39.3 Å². The lowest BCUT2D eigenvalue weighted by atomic mass is 9.87. The summed E-state index contributed by atoms with van der Waals surface area (Å²) in [7, 11) is 2.24. The minimum Gasteiger partial charge on any atom is -0.368 e. The van der Waals surface area contributed by atoms with Crippen LogP contribution >= 0.6 is 0 Å². The molecule has 0 spiro atoms. The number of ether oxygens (including phenoxy) is 1. The van der Waals surface area contributed by atoms with Gasteiger partial charge >= 0.3 is 0 Å². The first-order valence-corrected chi connectivity index (χ1v) is 5.45. The zero-order valence-electron chi connectivity index (χ0n) is 8.46. The Bertz CT molecular complexity index is 154. The van der Waals surface area contributed by atoms with E-state index in [0.29, 0.717) is 12.0 Å². The van der Waals surface area contributed by atoms with E-state index in [1.54, 1.807) is 0 Å². The molecule has 13 heavy (non-hydrogen) atoms. The number of nitrogens with zero attached hydrogens (tertiary/aromatic N) is 1. The smallest absolute Gasteiger partial charge is 0.137 e. The lowest BCUT2D eigenvalue weighted by Gasteiger charge is -2.38. The van der Waals surface area contributed by atoms with Crippen LogP contribution in [0.4, 0.5) is 0 Å². The Hall–Kier alpha value is -0.0800. The van der Waals surface area contributed by atoms with Gasteiger partial charge in [-0.3, -0.25) is 0 Å². The molecular formula is C11H19NO. The molecule has 74 valence electrons. The van der Waals surface area contributed by atoms with Crippen molar-refractivity contribution in [3.05, 3.63) is 6.61 Å². The molecule has 2 aliphatic rings. The lowest BCUT2D eigenvalue weighted by Crippen LogP contribution is -2.42. The fourth-order valence-electron chi connectivity index (χ4n) is 2.48. The minimum atomic E-state index is 0.569. The van der Waals surface area contributed by atoms with Crippen molar-refractivity contribution >= 4 is 0 Å². The van der Waals surface area contributed by atoms with E-state index in [0.717, 1.165) is 6.61 Å². The van der Waals surface area contributed by atoms with Crippen molar-refractivity contribution in [2.24, 2.45) is 5.92 Å². The predicted octanol–water partition coefficient (Wildman–Crippen LogP) is 1.94. The van der Waals surface area contributed by atoms with Gasteiger partial charge in [-0.2, -0.15) is 0 Å². The molecule has 2 radical (unpaired) electrons. The van der Waals surface area contributed by atoms with Gasteiger partial charge < -0.3 is 9.64 Å². The molecule has 0 aliphatic carbocycles. The molecule has 2 nitrogen and oxygen atoms in total. The second kappa shape index (κ2) is 4.43. The van der Waals surface area contributed by atoms with E-state index in [1.165, 1.54) is 38.6 Å². The van der Waals surface area contributed by atoms with Crippen molar-refractivity contribution in [2.45, 2.75) is 38.1 Å². The van der Waals surface area contributed by atoms with Crippen LogP contribution in [0.3, 0.4) is 0 Å². The fourth-order valence-corrected chi connectivity index (χ4v) is 2.48. The number of likely N-dealkylation sites (tertiary alicyclic amines) is 1. The third-order valence-electron chi connectivity index (χ3n) is 3.29. The van der Waals surface area contributed by atoms with Crippen LogP contribution in [-0.2, 0) is 4.74 Å². The Labute approximate surface area is 81.3 Å². The molecule has 0 N–H and O–H groups in total. The van der Waals surface area contributed by atoms with Crippen molar-refractivity contribution in [3.8, 4) is 0 Å². The van der Waals surface area contributed by atoms with E-state index in [2.05, 4.69) is 18.6 Å². The van der Waals surface area contributed by atoms with Crippen LogP contribution in [0, 0.1) is 12.5 Å². The van der Waals surface area contributed by atoms with Crippen LogP contribution in [0.2, 0.25) is 0 Å². The minimum absolute atomic E-state index is 0.569. The number of rotatable bonds is 1. The highest BCUT2D eigenvalue weighted by Gasteiger charge is 2.29. The molecule has 0 aromatic carbocycles. The molecule has 2 heteroatoms. The molecule has 0 amide bonds. The molecule has 2 heterocycles. The Morgan fingerprint density at radius 2 is 2.15 bits per heavy atom. The number of piperidine rings is 1. The number of hydrogen-bond donors (Lipinski definition) is 0. The third kappa shape index (κ3) is 2.23. The maximum Gasteiger partial charge on any atom is 0.137 e. The summed E-state index contributed by atoms with van der Waals surface area (Å²) in [6.45, 7) is 5.31. The SMILES string of the molecule is CN1CCCCC1C1[C]OCCC1. The van der Waals surface area contributed by atoms with Crippen LogP contribution in [0.5, 0.6) is 0 Å². The molecule has 2 atom stereocenters. The molecular weight excluding hydrogens is 162 g/mol. The van der Waals surface area contributed by atoms with Crippen LogP contribution in [0.25, 0.3) is 0 Å². The third-order valence-corrected chi connectivity index (χ3v) is 3.29. The Kier molecular flexibility index (Phi) is 3.23. The summed E-state index contributed by atoms with van der Waals surface area (Å²) in [5, 5.41) is 0. The highest BCUT2D eigenvalue weighted by molar-refractivity contribution is 4.87. The second-order valence-corrected chi connectivity index (χ2v) is 4.26. The first-order valence-electron chi connectivity index (χ1n) is 5.45. The highest BCUT2D eigenvalue weighted by Crippen LogP contribution is 2.29. The van der Waals surface area contributed by atoms with Crippen molar-refractivity contribution in [3.63, 3.8) is 0 Å². The fraction of sp³-hybridized carbons (Fsp3) is 0.909. The van der Waals surface area contributed by atoms with E-state index in [-0.39, 0.29) is 0 Å². The van der Waals surface area contributed by atoms with E-state index in [4.69, 9.17) is 4.74 Å². The molecule has 0 aromatic rings. The first kappa shape index (κ1) is 9.47. The van der Waals surface area contributed by atoms with Crippen LogP contribution in [-0.4, -0.2) is 31.1 Å². The van der Waals surface area contributed by atoms with Gasteiger partial charge in [-0.1, -0.05) is 6.42 Å². The van der Waals surface area contributed by atoms with Crippen molar-refractivity contribution in [1.82, 2.24) is 4.90 Å². The summed E-state index contributed by atoms with van der Waals surface area (Å²) in [4.78, 5) is 2.48.